The van der Waals surface area contributed by atoms with Crippen molar-refractivity contribution in [1.82, 2.24) is 14.9 Å². The molecule has 122 valence electrons. The molecule has 0 unspecified atom stereocenters. The summed E-state index contributed by atoms with van der Waals surface area (Å²) in [5.74, 6) is 2.74. The Morgan fingerprint density at radius 1 is 1.29 bits per heavy atom. The van der Waals surface area contributed by atoms with E-state index >= 15 is 0 Å². The first-order chi connectivity index (χ1) is 11.6. The minimum absolute atomic E-state index is 0.268. The summed E-state index contributed by atoms with van der Waals surface area (Å²) in [6, 6.07) is 9.61. The third-order valence-corrected chi connectivity index (χ3v) is 4.96. The zero-order valence-corrected chi connectivity index (χ0v) is 14.2. The van der Waals surface area contributed by atoms with Crippen molar-refractivity contribution in [3.05, 3.63) is 58.6 Å². The molecule has 0 bridgehead atoms. The number of nitrogens with zero attached hydrogens (tertiary/aromatic N) is 3. The van der Waals surface area contributed by atoms with Crippen molar-refractivity contribution in [2.75, 3.05) is 5.32 Å². The molecule has 1 aliphatic rings. The van der Waals surface area contributed by atoms with Crippen LogP contribution < -0.4 is 5.32 Å². The summed E-state index contributed by atoms with van der Waals surface area (Å²) in [5, 5.41) is 11.5. The first-order valence-electron chi connectivity index (χ1n) is 7.62. The molecule has 2 aromatic heterocycles. The zero-order chi connectivity index (χ0) is 16.7. The van der Waals surface area contributed by atoms with Gasteiger partial charge in [-0.2, -0.15) is 16.9 Å². The lowest BCUT2D eigenvalue weighted by Gasteiger charge is -2.12. The molecule has 0 saturated heterocycles. The second-order valence-electron chi connectivity index (χ2n) is 5.74. The van der Waals surface area contributed by atoms with Crippen LogP contribution in [0.4, 0.5) is 5.82 Å². The number of fused-ring (bicyclic) bond motifs is 1. The van der Waals surface area contributed by atoms with Crippen molar-refractivity contribution in [1.29, 1.82) is 0 Å². The number of benzene rings is 1. The monoisotopic (exact) mass is 340 g/mol. The van der Waals surface area contributed by atoms with Crippen LogP contribution >= 0.6 is 11.8 Å². The summed E-state index contributed by atoms with van der Waals surface area (Å²) in [6.07, 6.45) is 0. The highest BCUT2D eigenvalue weighted by Gasteiger charge is 2.26. The van der Waals surface area contributed by atoms with Crippen LogP contribution in [0.3, 0.4) is 0 Å². The van der Waals surface area contributed by atoms with Crippen molar-refractivity contribution in [2.24, 2.45) is 0 Å². The Hall–Kier alpha value is -2.54. The van der Waals surface area contributed by atoms with E-state index in [-0.39, 0.29) is 11.6 Å². The summed E-state index contributed by atoms with van der Waals surface area (Å²) < 4.78 is 6.82. The average molecular weight is 340 g/mol. The largest absolute Gasteiger partial charge is 0.361 e. The van der Waals surface area contributed by atoms with Crippen molar-refractivity contribution in [3.8, 4) is 5.69 Å². The number of carbonyl (C=O) groups excluding carboxylic acids is 1. The highest BCUT2D eigenvalue weighted by atomic mass is 32.2. The van der Waals surface area contributed by atoms with E-state index in [0.29, 0.717) is 5.76 Å². The Morgan fingerprint density at radius 2 is 2.12 bits per heavy atom. The second kappa shape index (κ2) is 5.83. The molecule has 7 heteroatoms. The molecule has 0 atom stereocenters. The topological polar surface area (TPSA) is 73.0 Å². The van der Waals surface area contributed by atoms with E-state index in [1.807, 2.05) is 35.9 Å². The summed E-state index contributed by atoms with van der Waals surface area (Å²) in [5.41, 5.74) is 4.43. The molecule has 0 radical (unpaired) electrons. The van der Waals surface area contributed by atoms with E-state index in [1.54, 1.807) is 24.8 Å². The van der Waals surface area contributed by atoms with Crippen molar-refractivity contribution in [2.45, 2.75) is 25.4 Å². The predicted molar refractivity (Wildman–Crippen MR) is 92.5 cm³/mol. The maximum atomic E-state index is 12.5. The molecule has 0 aliphatic carbocycles. The van der Waals surface area contributed by atoms with Gasteiger partial charge in [-0.05, 0) is 25.5 Å². The van der Waals surface area contributed by atoms with Crippen molar-refractivity contribution >= 4 is 23.5 Å². The van der Waals surface area contributed by atoms with E-state index < -0.39 is 0 Å². The van der Waals surface area contributed by atoms with Crippen LogP contribution in [0.25, 0.3) is 5.69 Å². The molecule has 1 aromatic carbocycles. The van der Waals surface area contributed by atoms with Gasteiger partial charge in [-0.15, -0.1) is 0 Å². The Morgan fingerprint density at radius 3 is 2.88 bits per heavy atom. The van der Waals surface area contributed by atoms with Crippen LogP contribution in [0.1, 0.15) is 33.1 Å². The summed E-state index contributed by atoms with van der Waals surface area (Å²) in [4.78, 5) is 12.5. The Bertz CT molecular complexity index is 929. The number of anilines is 1. The van der Waals surface area contributed by atoms with Crippen LogP contribution in [0, 0.1) is 13.8 Å². The molecule has 3 aromatic rings. The van der Waals surface area contributed by atoms with Crippen LogP contribution in [0.15, 0.2) is 34.9 Å². The van der Waals surface area contributed by atoms with Crippen LogP contribution in [-0.2, 0) is 11.5 Å². The first kappa shape index (κ1) is 15.0. The maximum Gasteiger partial charge on any atom is 0.279 e. The fourth-order valence-corrected chi connectivity index (χ4v) is 3.80. The minimum Gasteiger partial charge on any atom is -0.361 e. The van der Waals surface area contributed by atoms with Gasteiger partial charge in [0.2, 0.25) is 0 Å². The number of hydrogen-bond donors (Lipinski definition) is 1. The smallest absolute Gasteiger partial charge is 0.279 e. The fourth-order valence-electron chi connectivity index (χ4n) is 2.76. The molecule has 6 nitrogen and oxygen atoms in total. The first-order valence-corrected chi connectivity index (χ1v) is 8.78. The van der Waals surface area contributed by atoms with Gasteiger partial charge in [0, 0.05) is 23.1 Å². The third-order valence-electron chi connectivity index (χ3n) is 3.99. The molecule has 0 saturated carbocycles. The number of nitrogens with one attached hydrogen (secondary N) is 1. The quantitative estimate of drug-likeness (QED) is 0.790. The normalized spacial score (nSPS) is 13.1. The van der Waals surface area contributed by atoms with E-state index in [9.17, 15) is 4.79 Å². The van der Waals surface area contributed by atoms with E-state index in [2.05, 4.69) is 10.5 Å². The standard InChI is InChI=1S/C17H16N4O2S/c1-10-5-3-4-6-15(10)21-16(12-8-24-9-14(12)19-21)18-17(22)13-7-11(2)23-20-13/h3-7H,8-9H2,1-2H3,(H,18,22). The highest BCUT2D eigenvalue weighted by Crippen LogP contribution is 2.36. The molecule has 1 aliphatic heterocycles. The number of para-hydroxylation sites is 1. The van der Waals surface area contributed by atoms with Gasteiger partial charge in [0.05, 0.1) is 11.4 Å². The van der Waals surface area contributed by atoms with Gasteiger partial charge < -0.3 is 9.84 Å². The summed E-state index contributed by atoms with van der Waals surface area (Å²) in [6.45, 7) is 3.79. The lowest BCUT2D eigenvalue weighted by Crippen LogP contribution is -2.16. The van der Waals surface area contributed by atoms with E-state index in [0.717, 1.165) is 39.8 Å². The fraction of sp³-hybridized carbons (Fsp3) is 0.235. The average Bonchev–Trinajstić information content (AvgIpc) is 3.25. The van der Waals surface area contributed by atoms with Gasteiger partial charge >= 0.3 is 0 Å². The lowest BCUT2D eigenvalue weighted by atomic mass is 10.2. The molecular weight excluding hydrogens is 324 g/mol. The van der Waals surface area contributed by atoms with Gasteiger partial charge in [-0.1, -0.05) is 23.4 Å². The number of hydrogen-bond acceptors (Lipinski definition) is 5. The highest BCUT2D eigenvalue weighted by molar-refractivity contribution is 7.98. The Kier molecular flexibility index (Phi) is 3.65. The lowest BCUT2D eigenvalue weighted by molar-refractivity contribution is 0.101. The van der Waals surface area contributed by atoms with Crippen LogP contribution in [0.2, 0.25) is 0 Å². The van der Waals surface area contributed by atoms with Gasteiger partial charge in [0.15, 0.2) is 5.69 Å². The molecule has 1 amide bonds. The Labute approximate surface area is 143 Å². The number of rotatable bonds is 3. The van der Waals surface area contributed by atoms with Crippen molar-refractivity contribution < 1.29 is 9.32 Å². The van der Waals surface area contributed by atoms with Crippen LogP contribution in [-0.4, -0.2) is 20.8 Å². The molecule has 24 heavy (non-hydrogen) atoms. The van der Waals surface area contributed by atoms with Gasteiger partial charge in [0.25, 0.3) is 5.91 Å². The number of carbonyl (C=O) groups is 1. The maximum absolute atomic E-state index is 12.5. The predicted octanol–water partition coefficient (Wildman–Crippen LogP) is 3.48. The second-order valence-corrected chi connectivity index (χ2v) is 6.73. The summed E-state index contributed by atoms with van der Waals surface area (Å²) >= 11 is 1.80. The Balaban J connectivity index is 1.77. The number of aromatic nitrogens is 3. The van der Waals surface area contributed by atoms with E-state index in [4.69, 9.17) is 9.62 Å². The molecule has 1 N–H and O–H groups in total. The van der Waals surface area contributed by atoms with Crippen LogP contribution in [0.5, 0.6) is 0 Å². The van der Waals surface area contributed by atoms with E-state index in [1.165, 1.54) is 0 Å². The molecule has 0 fully saturated rings. The van der Waals surface area contributed by atoms with Gasteiger partial charge in [-0.3, -0.25) is 4.79 Å². The third kappa shape index (κ3) is 2.50. The van der Waals surface area contributed by atoms with Crippen molar-refractivity contribution in [3.63, 3.8) is 0 Å². The SMILES string of the molecule is Cc1cc(C(=O)Nc2c3c(nn2-c2ccccc2C)CSC3)no1. The molecule has 4 rings (SSSR count). The number of amides is 1. The molecular formula is C17H16N4O2S. The minimum atomic E-state index is -0.290. The molecule has 3 heterocycles. The van der Waals surface area contributed by atoms with Gasteiger partial charge in [-0.25, -0.2) is 4.68 Å². The number of thioether (sulfide) groups is 1. The molecule has 0 spiro atoms. The van der Waals surface area contributed by atoms with Gasteiger partial charge in [0.1, 0.15) is 11.6 Å². The number of aryl methyl sites for hydroxylation is 2. The zero-order valence-electron chi connectivity index (χ0n) is 13.4. The summed E-state index contributed by atoms with van der Waals surface area (Å²) in [7, 11) is 0.